The van der Waals surface area contributed by atoms with Crippen LogP contribution in [-0.2, 0) is 20.4 Å². The zero-order valence-electron chi connectivity index (χ0n) is 14.9. The first kappa shape index (κ1) is 21.8. The van der Waals surface area contributed by atoms with Crippen molar-refractivity contribution in [1.82, 2.24) is 5.32 Å². The van der Waals surface area contributed by atoms with Crippen LogP contribution in [0.4, 0.5) is 13.2 Å². The second kappa shape index (κ2) is 8.93. The third kappa shape index (κ3) is 5.63. The van der Waals surface area contributed by atoms with Crippen molar-refractivity contribution in [3.63, 3.8) is 0 Å². The molecule has 0 unspecified atom stereocenters. The van der Waals surface area contributed by atoms with Crippen LogP contribution in [0.1, 0.15) is 18.1 Å². The standard InChI is InChI=1S/C18H20F3N3O3/c1-5-27-11(3)14(16(22)23)15(17(25)26-4)24-10(2)12-6-8-13(9-7-12)18(19,20)21/h6-9,24H,2-3,5H2,1,4H3,(H3,22,23). The number of nitrogens with two attached hydrogens (primary N) is 1. The third-order valence-electron chi connectivity index (χ3n) is 3.34. The fourth-order valence-corrected chi connectivity index (χ4v) is 2.07. The topological polar surface area (TPSA) is 97.4 Å². The van der Waals surface area contributed by atoms with Gasteiger partial charge in [-0.25, -0.2) is 4.79 Å². The van der Waals surface area contributed by atoms with Gasteiger partial charge in [-0.05, 0) is 24.6 Å². The first-order valence-corrected chi connectivity index (χ1v) is 7.65. The van der Waals surface area contributed by atoms with E-state index in [-0.39, 0.29) is 34.9 Å². The third-order valence-corrected chi connectivity index (χ3v) is 3.34. The molecule has 6 nitrogen and oxygen atoms in total. The van der Waals surface area contributed by atoms with Gasteiger partial charge in [-0.2, -0.15) is 13.2 Å². The van der Waals surface area contributed by atoms with E-state index in [1.807, 2.05) is 0 Å². The van der Waals surface area contributed by atoms with Crippen molar-refractivity contribution in [2.75, 3.05) is 13.7 Å². The number of ether oxygens (including phenoxy) is 2. The first-order valence-electron chi connectivity index (χ1n) is 7.65. The second-order valence-electron chi connectivity index (χ2n) is 5.19. The molecule has 0 spiro atoms. The van der Waals surface area contributed by atoms with Crippen molar-refractivity contribution in [3.05, 3.63) is 65.6 Å². The average molecular weight is 383 g/mol. The van der Waals surface area contributed by atoms with Gasteiger partial charge in [0.15, 0.2) is 0 Å². The largest absolute Gasteiger partial charge is 0.494 e. The lowest BCUT2D eigenvalue weighted by atomic mass is 10.1. The molecule has 0 saturated heterocycles. The number of amidine groups is 1. The maximum absolute atomic E-state index is 12.7. The Morgan fingerprint density at radius 1 is 1.26 bits per heavy atom. The summed E-state index contributed by atoms with van der Waals surface area (Å²) in [7, 11) is 1.12. The molecule has 0 aliphatic rings. The molecule has 0 bridgehead atoms. The molecule has 1 rings (SSSR count). The summed E-state index contributed by atoms with van der Waals surface area (Å²) in [4.78, 5) is 12.1. The monoisotopic (exact) mass is 383 g/mol. The number of hydrogen-bond acceptors (Lipinski definition) is 5. The van der Waals surface area contributed by atoms with Crippen LogP contribution in [0.15, 0.2) is 54.5 Å². The summed E-state index contributed by atoms with van der Waals surface area (Å²) in [6, 6.07) is 4.15. The van der Waals surface area contributed by atoms with E-state index in [0.29, 0.717) is 0 Å². The molecular formula is C18H20F3N3O3. The van der Waals surface area contributed by atoms with E-state index in [2.05, 4.69) is 23.2 Å². The molecular weight excluding hydrogens is 363 g/mol. The Balaban J connectivity index is 3.28. The summed E-state index contributed by atoms with van der Waals surface area (Å²) in [5, 5.41) is 10.3. The van der Waals surface area contributed by atoms with Crippen molar-refractivity contribution < 1.29 is 27.4 Å². The Morgan fingerprint density at radius 3 is 2.22 bits per heavy atom. The van der Waals surface area contributed by atoms with Crippen molar-refractivity contribution >= 4 is 17.5 Å². The highest BCUT2D eigenvalue weighted by Crippen LogP contribution is 2.30. The van der Waals surface area contributed by atoms with Crippen LogP contribution < -0.4 is 11.1 Å². The summed E-state index contributed by atoms with van der Waals surface area (Å²) >= 11 is 0. The molecule has 9 heteroatoms. The van der Waals surface area contributed by atoms with Gasteiger partial charge in [-0.15, -0.1) is 0 Å². The molecule has 0 aliphatic heterocycles. The first-order chi connectivity index (χ1) is 12.5. The van der Waals surface area contributed by atoms with Gasteiger partial charge >= 0.3 is 12.1 Å². The lowest BCUT2D eigenvalue weighted by Crippen LogP contribution is -2.28. The van der Waals surface area contributed by atoms with E-state index >= 15 is 0 Å². The zero-order chi connectivity index (χ0) is 20.8. The van der Waals surface area contributed by atoms with E-state index in [0.717, 1.165) is 19.2 Å². The fourth-order valence-electron chi connectivity index (χ4n) is 2.07. The number of benzene rings is 1. The number of carbonyl (C=O) groups excluding carboxylic acids is 1. The molecule has 0 aromatic heterocycles. The molecule has 0 atom stereocenters. The van der Waals surface area contributed by atoms with E-state index in [1.165, 1.54) is 12.1 Å². The van der Waals surface area contributed by atoms with Crippen molar-refractivity contribution in [1.29, 1.82) is 5.41 Å². The quantitative estimate of drug-likeness (QED) is 0.160. The van der Waals surface area contributed by atoms with Crippen LogP contribution in [0, 0.1) is 5.41 Å². The van der Waals surface area contributed by atoms with Crippen molar-refractivity contribution in [2.45, 2.75) is 13.1 Å². The molecule has 0 amide bonds. The maximum atomic E-state index is 12.7. The Hall–Kier alpha value is -3.23. The van der Waals surface area contributed by atoms with Gasteiger partial charge in [0.25, 0.3) is 0 Å². The van der Waals surface area contributed by atoms with Crippen LogP contribution in [-0.4, -0.2) is 25.5 Å². The zero-order valence-corrected chi connectivity index (χ0v) is 14.9. The predicted molar refractivity (Wildman–Crippen MR) is 95.3 cm³/mol. The van der Waals surface area contributed by atoms with Crippen LogP contribution in [0.25, 0.3) is 5.70 Å². The van der Waals surface area contributed by atoms with Gasteiger partial charge in [0.1, 0.15) is 17.3 Å². The van der Waals surface area contributed by atoms with E-state index in [4.69, 9.17) is 15.9 Å². The molecule has 0 saturated carbocycles. The number of alkyl halides is 3. The second-order valence-corrected chi connectivity index (χ2v) is 5.19. The SMILES string of the molecule is C=C(OCC)C(C(=N)N)=C(NC(=C)c1ccc(C(F)(F)F)cc1)C(=O)OC. The Bertz CT molecular complexity index is 781. The smallest absolute Gasteiger partial charge is 0.416 e. The molecule has 4 N–H and O–H groups in total. The average Bonchev–Trinajstić information content (AvgIpc) is 2.59. The highest BCUT2D eigenvalue weighted by molar-refractivity contribution is 6.06. The number of halogens is 3. The number of hydrogen-bond donors (Lipinski definition) is 3. The van der Waals surface area contributed by atoms with Crippen molar-refractivity contribution in [2.24, 2.45) is 5.73 Å². The molecule has 0 aliphatic carbocycles. The molecule has 27 heavy (non-hydrogen) atoms. The number of esters is 1. The predicted octanol–water partition coefficient (Wildman–Crippen LogP) is 3.18. The summed E-state index contributed by atoms with van der Waals surface area (Å²) < 4.78 is 47.9. The minimum Gasteiger partial charge on any atom is -0.494 e. The van der Waals surface area contributed by atoms with E-state index in [1.54, 1.807) is 6.92 Å². The van der Waals surface area contributed by atoms with Gasteiger partial charge in [0, 0.05) is 5.70 Å². The minimum atomic E-state index is -4.47. The Kier molecular flexibility index (Phi) is 7.21. The molecule has 1 aromatic rings. The summed E-state index contributed by atoms with van der Waals surface area (Å²) in [6.45, 7) is 9.21. The Labute approximate surface area is 154 Å². The minimum absolute atomic E-state index is 0.0434. The van der Waals surface area contributed by atoms with E-state index < -0.39 is 23.5 Å². The summed E-state index contributed by atoms with van der Waals surface area (Å²) in [5.41, 5.74) is 4.67. The Morgan fingerprint density at radius 2 is 1.81 bits per heavy atom. The number of carbonyl (C=O) groups is 1. The van der Waals surface area contributed by atoms with Gasteiger partial charge in [0.05, 0.1) is 24.9 Å². The van der Waals surface area contributed by atoms with Crippen LogP contribution in [0.3, 0.4) is 0 Å². The number of rotatable bonds is 8. The maximum Gasteiger partial charge on any atom is 0.416 e. The lowest BCUT2D eigenvalue weighted by molar-refractivity contribution is -0.138. The highest BCUT2D eigenvalue weighted by Gasteiger charge is 2.30. The number of methoxy groups -OCH3 is 1. The fraction of sp³-hybridized carbons (Fsp3) is 0.222. The summed E-state index contributed by atoms with van der Waals surface area (Å²) in [5.74, 6) is -1.44. The number of nitrogens with one attached hydrogen (secondary N) is 2. The molecule has 1 aromatic carbocycles. The molecule has 0 fully saturated rings. The van der Waals surface area contributed by atoms with Gasteiger partial charge in [0.2, 0.25) is 0 Å². The normalized spacial score (nSPS) is 11.9. The lowest BCUT2D eigenvalue weighted by Gasteiger charge is -2.18. The van der Waals surface area contributed by atoms with Gasteiger partial charge < -0.3 is 20.5 Å². The van der Waals surface area contributed by atoms with E-state index in [9.17, 15) is 18.0 Å². The molecule has 0 heterocycles. The highest BCUT2D eigenvalue weighted by atomic mass is 19.4. The summed E-state index contributed by atoms with van der Waals surface area (Å²) in [6.07, 6.45) is -4.47. The van der Waals surface area contributed by atoms with Gasteiger partial charge in [-0.1, -0.05) is 25.3 Å². The van der Waals surface area contributed by atoms with Gasteiger partial charge in [-0.3, -0.25) is 5.41 Å². The van der Waals surface area contributed by atoms with Crippen LogP contribution in [0.2, 0.25) is 0 Å². The van der Waals surface area contributed by atoms with Crippen molar-refractivity contribution in [3.8, 4) is 0 Å². The molecule has 0 radical (unpaired) electrons. The van der Waals surface area contributed by atoms with Crippen LogP contribution >= 0.6 is 0 Å². The molecule has 146 valence electrons. The van der Waals surface area contributed by atoms with Crippen LogP contribution in [0.5, 0.6) is 0 Å².